The number of ether oxygens (including phenoxy) is 1. The fourth-order valence-electron chi connectivity index (χ4n) is 2.01. The highest BCUT2D eigenvalue weighted by Crippen LogP contribution is 2.36. The molecule has 1 N–H and O–H groups in total. The van der Waals surface area contributed by atoms with Crippen LogP contribution in [0.1, 0.15) is 6.92 Å². The topological polar surface area (TPSA) is 58.6 Å². The third kappa shape index (κ3) is 3.05. The summed E-state index contributed by atoms with van der Waals surface area (Å²) >= 11 is 0. The minimum Gasteiger partial charge on any atom is -0.479 e. The van der Waals surface area contributed by atoms with Crippen LogP contribution >= 0.6 is 0 Å². The number of anilines is 2. The minimum absolute atomic E-state index is 0.0684. The van der Waals surface area contributed by atoms with E-state index in [9.17, 15) is 22.8 Å². The molecule has 5 nitrogen and oxygen atoms in total. The Morgan fingerprint density at radius 2 is 2.18 bits per heavy atom. The van der Waals surface area contributed by atoms with Crippen molar-refractivity contribution in [2.24, 2.45) is 0 Å². The monoisotopic (exact) mass is 314 g/mol. The van der Waals surface area contributed by atoms with Crippen LogP contribution in [0.15, 0.2) is 30.9 Å². The van der Waals surface area contributed by atoms with E-state index in [-0.39, 0.29) is 23.9 Å². The maximum absolute atomic E-state index is 12.2. The van der Waals surface area contributed by atoms with Gasteiger partial charge in [0.05, 0.1) is 5.69 Å². The second-order valence-electron chi connectivity index (χ2n) is 4.63. The highest BCUT2D eigenvalue weighted by Gasteiger charge is 2.39. The lowest BCUT2D eigenvalue weighted by Gasteiger charge is -2.32. The van der Waals surface area contributed by atoms with Crippen LogP contribution < -0.4 is 15.0 Å². The number of fused-ring (bicyclic) bond motifs is 1. The van der Waals surface area contributed by atoms with Gasteiger partial charge in [0.2, 0.25) is 0 Å². The maximum Gasteiger partial charge on any atom is 0.471 e. The molecule has 0 aliphatic carbocycles. The van der Waals surface area contributed by atoms with Gasteiger partial charge in [0.25, 0.3) is 5.91 Å². The Bertz CT molecular complexity index is 628. The number of alkyl halides is 3. The molecule has 0 saturated carbocycles. The molecule has 1 aromatic rings. The maximum atomic E-state index is 12.2. The fourth-order valence-corrected chi connectivity index (χ4v) is 2.01. The molecule has 118 valence electrons. The van der Waals surface area contributed by atoms with Gasteiger partial charge in [-0.3, -0.25) is 9.59 Å². The van der Waals surface area contributed by atoms with Crippen LogP contribution in [0.4, 0.5) is 24.5 Å². The van der Waals surface area contributed by atoms with Crippen LogP contribution in [0.3, 0.4) is 0 Å². The molecule has 1 aliphatic heterocycles. The van der Waals surface area contributed by atoms with Gasteiger partial charge >= 0.3 is 12.1 Å². The Labute approximate surface area is 124 Å². The van der Waals surface area contributed by atoms with Crippen molar-refractivity contribution in [3.63, 3.8) is 0 Å². The smallest absolute Gasteiger partial charge is 0.471 e. The molecule has 2 rings (SSSR count). The van der Waals surface area contributed by atoms with Crippen LogP contribution in [-0.2, 0) is 9.59 Å². The summed E-state index contributed by atoms with van der Waals surface area (Å²) in [5.74, 6) is -2.14. The van der Waals surface area contributed by atoms with Crippen LogP contribution in [0, 0.1) is 0 Å². The van der Waals surface area contributed by atoms with Crippen molar-refractivity contribution in [1.82, 2.24) is 0 Å². The molecule has 1 aromatic carbocycles. The summed E-state index contributed by atoms with van der Waals surface area (Å²) in [4.78, 5) is 24.3. The lowest BCUT2D eigenvalue weighted by atomic mass is 10.1. The molecule has 0 saturated heterocycles. The van der Waals surface area contributed by atoms with Gasteiger partial charge in [-0.05, 0) is 19.1 Å². The lowest BCUT2D eigenvalue weighted by Crippen LogP contribution is -2.44. The molecule has 0 radical (unpaired) electrons. The number of rotatable bonds is 3. The van der Waals surface area contributed by atoms with Gasteiger partial charge < -0.3 is 15.0 Å². The number of nitrogens with zero attached hydrogens (tertiary/aromatic N) is 1. The zero-order valence-electron chi connectivity index (χ0n) is 11.6. The van der Waals surface area contributed by atoms with Crippen LogP contribution in [0.2, 0.25) is 0 Å². The molecule has 0 fully saturated rings. The van der Waals surface area contributed by atoms with Crippen molar-refractivity contribution < 1.29 is 27.5 Å². The van der Waals surface area contributed by atoms with Gasteiger partial charge in [-0.2, -0.15) is 13.2 Å². The first kappa shape index (κ1) is 15.9. The number of hydrogen-bond acceptors (Lipinski definition) is 3. The molecule has 0 bridgehead atoms. The van der Waals surface area contributed by atoms with E-state index >= 15 is 0 Å². The summed E-state index contributed by atoms with van der Waals surface area (Å²) in [7, 11) is 0. The Hall–Kier alpha value is -2.51. The first-order valence-corrected chi connectivity index (χ1v) is 6.35. The van der Waals surface area contributed by atoms with E-state index in [0.29, 0.717) is 5.69 Å². The summed E-state index contributed by atoms with van der Waals surface area (Å²) in [5.41, 5.74) is 0.342. The summed E-state index contributed by atoms with van der Waals surface area (Å²) < 4.78 is 42.1. The standard InChI is InChI=1S/C14H13F3N2O3/c1-3-6-19-10-5-4-9(18-13(21)14(15,16)17)7-11(10)22-8(2)12(19)20/h3-5,7-8H,1,6H2,2H3,(H,18,21). The van der Waals surface area contributed by atoms with Crippen LogP contribution in [0.25, 0.3) is 0 Å². The minimum atomic E-state index is -4.98. The summed E-state index contributed by atoms with van der Waals surface area (Å²) in [6.07, 6.45) is -4.23. The Kier molecular flexibility index (Phi) is 4.11. The lowest BCUT2D eigenvalue weighted by molar-refractivity contribution is -0.167. The average molecular weight is 314 g/mol. The van der Waals surface area contributed by atoms with Crippen molar-refractivity contribution in [3.05, 3.63) is 30.9 Å². The van der Waals surface area contributed by atoms with Gasteiger partial charge in [0.1, 0.15) is 5.75 Å². The van der Waals surface area contributed by atoms with E-state index in [0.717, 1.165) is 0 Å². The number of nitrogens with one attached hydrogen (secondary N) is 1. The highest BCUT2D eigenvalue weighted by atomic mass is 19.4. The van der Waals surface area contributed by atoms with E-state index in [4.69, 9.17) is 4.74 Å². The van der Waals surface area contributed by atoms with Crippen molar-refractivity contribution in [1.29, 1.82) is 0 Å². The third-order valence-corrected chi connectivity index (χ3v) is 3.00. The Morgan fingerprint density at radius 3 is 2.77 bits per heavy atom. The molecule has 1 unspecified atom stereocenters. The summed E-state index contributed by atoms with van der Waals surface area (Å²) in [6, 6.07) is 3.93. The summed E-state index contributed by atoms with van der Waals surface area (Å²) in [6.45, 7) is 5.33. The van der Waals surface area contributed by atoms with Gasteiger partial charge in [0, 0.05) is 18.3 Å². The van der Waals surface area contributed by atoms with E-state index in [1.54, 1.807) is 5.32 Å². The number of carbonyl (C=O) groups excluding carboxylic acids is 2. The SMILES string of the molecule is C=CCN1C(=O)C(C)Oc2cc(NC(=O)C(F)(F)F)ccc21. The van der Waals surface area contributed by atoms with Crippen molar-refractivity contribution in [2.75, 3.05) is 16.8 Å². The quantitative estimate of drug-likeness (QED) is 0.872. The number of amides is 2. The number of halogens is 3. The number of benzene rings is 1. The predicted molar refractivity (Wildman–Crippen MR) is 73.8 cm³/mol. The second kappa shape index (κ2) is 5.70. The van der Waals surface area contributed by atoms with E-state index < -0.39 is 18.2 Å². The van der Waals surface area contributed by atoms with E-state index in [1.807, 2.05) is 0 Å². The van der Waals surface area contributed by atoms with Gasteiger partial charge in [-0.25, -0.2) is 0 Å². The Morgan fingerprint density at radius 1 is 1.50 bits per heavy atom. The molecule has 1 atom stereocenters. The molecule has 1 heterocycles. The molecular weight excluding hydrogens is 301 g/mol. The Balaban J connectivity index is 2.31. The molecule has 8 heteroatoms. The van der Waals surface area contributed by atoms with Gasteiger partial charge in [-0.1, -0.05) is 6.08 Å². The zero-order chi connectivity index (χ0) is 16.5. The predicted octanol–water partition coefficient (Wildman–Crippen LogP) is 2.49. The first-order chi connectivity index (χ1) is 10.2. The normalized spacial score (nSPS) is 17.5. The largest absolute Gasteiger partial charge is 0.479 e. The molecule has 2 amide bonds. The second-order valence-corrected chi connectivity index (χ2v) is 4.63. The molecule has 1 aliphatic rings. The zero-order valence-corrected chi connectivity index (χ0v) is 11.6. The first-order valence-electron chi connectivity index (χ1n) is 6.35. The third-order valence-electron chi connectivity index (χ3n) is 3.00. The van der Waals surface area contributed by atoms with Crippen LogP contribution in [-0.4, -0.2) is 30.6 Å². The van der Waals surface area contributed by atoms with Crippen molar-refractivity contribution >= 4 is 23.2 Å². The van der Waals surface area contributed by atoms with Crippen LogP contribution in [0.5, 0.6) is 5.75 Å². The van der Waals surface area contributed by atoms with Crippen molar-refractivity contribution in [2.45, 2.75) is 19.2 Å². The van der Waals surface area contributed by atoms with Gasteiger partial charge in [0.15, 0.2) is 6.10 Å². The summed E-state index contributed by atoms with van der Waals surface area (Å²) in [5, 5.41) is 1.74. The molecule has 0 aromatic heterocycles. The number of hydrogen-bond donors (Lipinski definition) is 1. The fraction of sp³-hybridized carbons (Fsp3) is 0.286. The average Bonchev–Trinajstić information content (AvgIpc) is 2.42. The van der Waals surface area contributed by atoms with E-state index in [1.165, 1.54) is 36.1 Å². The molecule has 0 spiro atoms. The number of carbonyl (C=O) groups is 2. The highest BCUT2D eigenvalue weighted by molar-refractivity contribution is 6.01. The van der Waals surface area contributed by atoms with Gasteiger partial charge in [-0.15, -0.1) is 6.58 Å². The molecular formula is C14H13F3N2O3. The van der Waals surface area contributed by atoms with E-state index in [2.05, 4.69) is 6.58 Å². The van der Waals surface area contributed by atoms with Crippen molar-refractivity contribution in [3.8, 4) is 5.75 Å². The molecule has 22 heavy (non-hydrogen) atoms.